The van der Waals surface area contributed by atoms with Gasteiger partial charge in [0.05, 0.1) is 37.1 Å². The summed E-state index contributed by atoms with van der Waals surface area (Å²) in [6, 6.07) is 6.68. The quantitative estimate of drug-likeness (QED) is 0.319. The van der Waals surface area contributed by atoms with Gasteiger partial charge in [0.1, 0.15) is 5.82 Å². The van der Waals surface area contributed by atoms with Gasteiger partial charge in [-0.25, -0.2) is 9.37 Å². The van der Waals surface area contributed by atoms with Crippen LogP contribution in [0.25, 0.3) is 0 Å². The van der Waals surface area contributed by atoms with E-state index in [2.05, 4.69) is 20.6 Å². The van der Waals surface area contributed by atoms with Crippen LogP contribution in [0, 0.1) is 5.82 Å². The summed E-state index contributed by atoms with van der Waals surface area (Å²) in [7, 11) is 2.79. The predicted octanol–water partition coefficient (Wildman–Crippen LogP) is 3.99. The number of aromatic nitrogens is 2. The molecule has 9 nitrogen and oxygen atoms in total. The standard InChI is InChI=1S/C23H24F4N6O3/c1-11(28)19(12-4-6-13(7-5-12)23(25,26)27)32-22-16(24)10-15(20(29)34)21(33-22)30-14-8-17(35-2)31-18(9-14)36-3/h4-11,19H,28H2,1-3H3,(H2,29,34)(H2,30,31,32,33)/t11-,19-/m0/s1. The van der Waals surface area contributed by atoms with Crippen LogP contribution in [0.15, 0.2) is 42.5 Å². The molecule has 13 heteroatoms. The first-order valence-corrected chi connectivity index (χ1v) is 10.5. The number of hydrogen-bond acceptors (Lipinski definition) is 8. The summed E-state index contributed by atoms with van der Waals surface area (Å²) in [6.07, 6.45) is -4.51. The lowest BCUT2D eigenvalue weighted by Gasteiger charge is -2.24. The molecule has 3 aromatic rings. The van der Waals surface area contributed by atoms with E-state index < -0.39 is 35.5 Å². The minimum absolute atomic E-state index is 0.0995. The second-order valence-corrected chi connectivity index (χ2v) is 7.75. The fraction of sp³-hybridized carbons (Fsp3) is 0.261. The topological polar surface area (TPSA) is 137 Å². The molecule has 0 saturated carbocycles. The monoisotopic (exact) mass is 508 g/mol. The van der Waals surface area contributed by atoms with E-state index >= 15 is 0 Å². The number of benzene rings is 1. The predicted molar refractivity (Wildman–Crippen MR) is 125 cm³/mol. The summed E-state index contributed by atoms with van der Waals surface area (Å²) in [5.41, 5.74) is 11.1. The largest absolute Gasteiger partial charge is 0.481 e. The number of rotatable bonds is 9. The number of nitrogens with two attached hydrogens (primary N) is 2. The molecule has 0 bridgehead atoms. The fourth-order valence-electron chi connectivity index (χ4n) is 3.32. The van der Waals surface area contributed by atoms with Gasteiger partial charge in [-0.3, -0.25) is 4.79 Å². The molecular weight excluding hydrogens is 484 g/mol. The van der Waals surface area contributed by atoms with Crippen molar-refractivity contribution >= 4 is 23.2 Å². The number of methoxy groups -OCH3 is 2. The lowest BCUT2D eigenvalue weighted by Crippen LogP contribution is -2.31. The number of pyridine rings is 2. The Kier molecular flexibility index (Phi) is 7.83. The van der Waals surface area contributed by atoms with E-state index in [1.165, 1.54) is 38.5 Å². The number of ether oxygens (including phenoxy) is 2. The third-order valence-electron chi connectivity index (χ3n) is 5.12. The van der Waals surface area contributed by atoms with Crippen molar-refractivity contribution in [3.8, 4) is 11.8 Å². The third kappa shape index (κ3) is 6.10. The number of halogens is 4. The first kappa shape index (κ1) is 26.5. The van der Waals surface area contributed by atoms with Crippen molar-refractivity contribution in [3.63, 3.8) is 0 Å². The highest BCUT2D eigenvalue weighted by atomic mass is 19.4. The second kappa shape index (κ2) is 10.6. The number of nitrogens with zero attached hydrogens (tertiary/aromatic N) is 2. The van der Waals surface area contributed by atoms with E-state index in [-0.39, 0.29) is 29.0 Å². The summed E-state index contributed by atoms with van der Waals surface area (Å²) < 4.78 is 64.0. The third-order valence-corrected chi connectivity index (χ3v) is 5.12. The SMILES string of the molecule is COc1cc(Nc2nc(N[C@H](c3ccc(C(F)(F)F)cc3)[C@H](C)N)c(F)cc2C(N)=O)cc(OC)n1. The Labute approximate surface area is 203 Å². The van der Waals surface area contributed by atoms with Gasteiger partial charge in [0, 0.05) is 18.2 Å². The Balaban J connectivity index is 2.00. The Morgan fingerprint density at radius 1 is 1.00 bits per heavy atom. The van der Waals surface area contributed by atoms with Crippen LogP contribution >= 0.6 is 0 Å². The molecule has 2 atom stereocenters. The van der Waals surface area contributed by atoms with Gasteiger partial charge in [-0.05, 0) is 30.7 Å². The average Bonchev–Trinajstić information content (AvgIpc) is 2.82. The Morgan fingerprint density at radius 2 is 1.58 bits per heavy atom. The smallest absolute Gasteiger partial charge is 0.416 e. The van der Waals surface area contributed by atoms with Crippen molar-refractivity contribution in [3.05, 3.63) is 65.0 Å². The van der Waals surface area contributed by atoms with Crippen LogP contribution in [0.3, 0.4) is 0 Å². The van der Waals surface area contributed by atoms with Gasteiger partial charge < -0.3 is 31.6 Å². The highest BCUT2D eigenvalue weighted by molar-refractivity contribution is 5.98. The Hall–Kier alpha value is -4.13. The van der Waals surface area contributed by atoms with Gasteiger partial charge in [0.15, 0.2) is 11.6 Å². The second-order valence-electron chi connectivity index (χ2n) is 7.75. The minimum Gasteiger partial charge on any atom is -0.481 e. The molecule has 0 fully saturated rings. The van der Waals surface area contributed by atoms with Crippen molar-refractivity contribution in [2.45, 2.75) is 25.2 Å². The first-order valence-electron chi connectivity index (χ1n) is 10.5. The molecule has 0 spiro atoms. The van der Waals surface area contributed by atoms with Gasteiger partial charge in [-0.15, -0.1) is 0 Å². The molecule has 0 aliphatic carbocycles. The van der Waals surface area contributed by atoms with Gasteiger partial charge in [-0.1, -0.05) is 12.1 Å². The number of carbonyl (C=O) groups is 1. The van der Waals surface area contributed by atoms with Crippen LogP contribution in [0.4, 0.5) is 34.9 Å². The number of alkyl halides is 3. The lowest BCUT2D eigenvalue weighted by molar-refractivity contribution is -0.137. The summed E-state index contributed by atoms with van der Waals surface area (Å²) in [5, 5.41) is 5.67. The molecule has 0 unspecified atom stereocenters. The molecule has 0 aliphatic rings. The Bertz CT molecular complexity index is 1210. The van der Waals surface area contributed by atoms with E-state index in [1.807, 2.05) is 0 Å². The molecule has 2 aromatic heterocycles. The number of hydrogen-bond donors (Lipinski definition) is 4. The molecule has 1 amide bonds. The van der Waals surface area contributed by atoms with Crippen molar-refractivity contribution in [2.24, 2.45) is 11.5 Å². The number of amides is 1. The van der Waals surface area contributed by atoms with Crippen LogP contribution < -0.4 is 31.6 Å². The van der Waals surface area contributed by atoms with E-state index in [0.29, 0.717) is 11.3 Å². The van der Waals surface area contributed by atoms with Gasteiger partial charge in [0.2, 0.25) is 11.8 Å². The van der Waals surface area contributed by atoms with Crippen LogP contribution in [0.5, 0.6) is 11.8 Å². The summed E-state index contributed by atoms with van der Waals surface area (Å²) in [4.78, 5) is 20.2. The molecule has 0 radical (unpaired) electrons. The zero-order chi connectivity index (χ0) is 26.6. The number of nitrogens with one attached hydrogen (secondary N) is 2. The van der Waals surface area contributed by atoms with Crippen LogP contribution in [0.1, 0.15) is 34.5 Å². The highest BCUT2D eigenvalue weighted by Crippen LogP contribution is 2.32. The van der Waals surface area contributed by atoms with Gasteiger partial charge in [-0.2, -0.15) is 18.2 Å². The summed E-state index contributed by atoms with van der Waals surface area (Å²) >= 11 is 0. The molecule has 36 heavy (non-hydrogen) atoms. The molecule has 192 valence electrons. The molecule has 1 aromatic carbocycles. The normalized spacial score (nSPS) is 13.0. The molecule has 3 rings (SSSR count). The number of anilines is 3. The molecular formula is C23H24F4N6O3. The zero-order valence-corrected chi connectivity index (χ0v) is 19.5. The highest BCUT2D eigenvalue weighted by Gasteiger charge is 2.30. The lowest BCUT2D eigenvalue weighted by atomic mass is 9.99. The van der Waals surface area contributed by atoms with Crippen molar-refractivity contribution in [1.29, 1.82) is 0 Å². The van der Waals surface area contributed by atoms with E-state index in [9.17, 15) is 22.4 Å². The average molecular weight is 508 g/mol. The number of carbonyl (C=O) groups excluding carboxylic acids is 1. The molecule has 0 saturated heterocycles. The van der Waals surface area contributed by atoms with Crippen LogP contribution in [0.2, 0.25) is 0 Å². The summed E-state index contributed by atoms with van der Waals surface area (Å²) in [6.45, 7) is 1.60. The van der Waals surface area contributed by atoms with Crippen molar-refractivity contribution in [2.75, 3.05) is 24.9 Å². The van der Waals surface area contributed by atoms with Gasteiger partial charge in [0.25, 0.3) is 5.91 Å². The van der Waals surface area contributed by atoms with Gasteiger partial charge >= 0.3 is 6.18 Å². The van der Waals surface area contributed by atoms with Crippen LogP contribution in [-0.2, 0) is 6.18 Å². The maximum atomic E-state index is 14.9. The zero-order valence-electron chi connectivity index (χ0n) is 19.5. The van der Waals surface area contributed by atoms with E-state index in [4.69, 9.17) is 20.9 Å². The minimum atomic E-state index is -4.51. The maximum Gasteiger partial charge on any atom is 0.416 e. The van der Waals surface area contributed by atoms with E-state index in [0.717, 1.165) is 18.2 Å². The fourth-order valence-corrected chi connectivity index (χ4v) is 3.32. The Morgan fingerprint density at radius 3 is 2.06 bits per heavy atom. The van der Waals surface area contributed by atoms with E-state index in [1.54, 1.807) is 6.92 Å². The van der Waals surface area contributed by atoms with Crippen molar-refractivity contribution < 1.29 is 31.8 Å². The number of primary amides is 1. The summed E-state index contributed by atoms with van der Waals surface area (Å²) in [5.74, 6) is -1.89. The molecule has 0 aliphatic heterocycles. The van der Waals surface area contributed by atoms with Crippen molar-refractivity contribution in [1.82, 2.24) is 9.97 Å². The first-order chi connectivity index (χ1) is 16.9. The maximum absolute atomic E-state index is 14.9. The van der Waals surface area contributed by atoms with Crippen LogP contribution in [-0.4, -0.2) is 36.1 Å². The molecule has 2 heterocycles. The molecule has 6 N–H and O–H groups in total.